The summed E-state index contributed by atoms with van der Waals surface area (Å²) >= 11 is 0. The van der Waals surface area contributed by atoms with E-state index in [0.29, 0.717) is 19.4 Å². The molecule has 0 aliphatic carbocycles. The van der Waals surface area contributed by atoms with E-state index in [9.17, 15) is 33.0 Å². The Morgan fingerprint density at radius 3 is 2.29 bits per heavy atom. The molecule has 0 saturated carbocycles. The van der Waals surface area contributed by atoms with Crippen molar-refractivity contribution in [2.24, 2.45) is 11.8 Å². The lowest BCUT2D eigenvalue weighted by atomic mass is 9.98. The van der Waals surface area contributed by atoms with Gasteiger partial charge in [-0.3, -0.25) is 19.4 Å². The van der Waals surface area contributed by atoms with E-state index in [1.807, 2.05) is 20.8 Å². The van der Waals surface area contributed by atoms with Gasteiger partial charge in [0.2, 0.25) is 11.8 Å². The summed E-state index contributed by atoms with van der Waals surface area (Å²) in [4.78, 5) is 41.3. The minimum Gasteiger partial charge on any atom is -0.390 e. The summed E-state index contributed by atoms with van der Waals surface area (Å²) in [7, 11) is -3.66. The SMILES string of the molecule is CCCCS(=O)(=O)CC(NC(=O)c1cccnc1)C(=O)NCC(O)C(O)C(C)C(=O)NCC(C)C. The van der Waals surface area contributed by atoms with Crippen LogP contribution in [0.2, 0.25) is 0 Å². The maximum absolute atomic E-state index is 12.8. The van der Waals surface area contributed by atoms with Crippen molar-refractivity contribution in [3.05, 3.63) is 30.1 Å². The molecule has 0 radical (unpaired) electrons. The Labute approximate surface area is 207 Å². The fraction of sp³-hybridized carbons (Fsp3) is 0.652. The van der Waals surface area contributed by atoms with E-state index in [2.05, 4.69) is 20.9 Å². The zero-order valence-corrected chi connectivity index (χ0v) is 21.5. The molecule has 0 saturated heterocycles. The molecule has 4 atom stereocenters. The van der Waals surface area contributed by atoms with Gasteiger partial charge in [0.05, 0.1) is 35.2 Å². The fourth-order valence-corrected chi connectivity index (χ4v) is 4.66. The lowest BCUT2D eigenvalue weighted by molar-refractivity contribution is -0.131. The Hall–Kier alpha value is -2.57. The molecule has 3 amide bonds. The van der Waals surface area contributed by atoms with E-state index in [4.69, 9.17) is 0 Å². The normalized spacial score (nSPS) is 15.1. The maximum Gasteiger partial charge on any atom is 0.253 e. The first-order valence-electron chi connectivity index (χ1n) is 11.7. The monoisotopic (exact) mass is 514 g/mol. The Balaban J connectivity index is 2.84. The van der Waals surface area contributed by atoms with E-state index in [1.165, 1.54) is 31.5 Å². The van der Waals surface area contributed by atoms with Crippen LogP contribution in [0.1, 0.15) is 50.9 Å². The summed E-state index contributed by atoms with van der Waals surface area (Å²) in [5.41, 5.74) is 0.146. The van der Waals surface area contributed by atoms with Crippen LogP contribution in [0.25, 0.3) is 0 Å². The van der Waals surface area contributed by atoms with Crippen LogP contribution in [0.3, 0.4) is 0 Å². The zero-order valence-electron chi connectivity index (χ0n) is 20.7. The molecule has 11 nitrogen and oxygen atoms in total. The Morgan fingerprint density at radius 2 is 1.71 bits per heavy atom. The highest BCUT2D eigenvalue weighted by molar-refractivity contribution is 7.91. The molecular formula is C23H38N4O7S. The second-order valence-electron chi connectivity index (χ2n) is 8.97. The molecule has 35 heavy (non-hydrogen) atoms. The van der Waals surface area contributed by atoms with E-state index in [0.717, 1.165) is 0 Å². The predicted molar refractivity (Wildman–Crippen MR) is 131 cm³/mol. The van der Waals surface area contributed by atoms with Crippen molar-refractivity contribution in [1.29, 1.82) is 0 Å². The molecule has 0 fully saturated rings. The molecule has 5 N–H and O–H groups in total. The Morgan fingerprint density at radius 1 is 1.06 bits per heavy atom. The van der Waals surface area contributed by atoms with Gasteiger partial charge in [0, 0.05) is 25.5 Å². The van der Waals surface area contributed by atoms with Crippen molar-refractivity contribution >= 4 is 27.6 Å². The first-order valence-corrected chi connectivity index (χ1v) is 13.5. The fourth-order valence-electron chi connectivity index (χ4n) is 3.03. The summed E-state index contributed by atoms with van der Waals surface area (Å²) in [6.45, 7) is 7.07. The van der Waals surface area contributed by atoms with Crippen LogP contribution < -0.4 is 16.0 Å². The van der Waals surface area contributed by atoms with Crippen molar-refractivity contribution in [1.82, 2.24) is 20.9 Å². The maximum atomic E-state index is 12.8. The number of unbranched alkanes of at least 4 members (excludes halogenated alkanes) is 1. The van der Waals surface area contributed by atoms with Crippen LogP contribution >= 0.6 is 0 Å². The lowest BCUT2D eigenvalue weighted by Crippen LogP contribution is -2.53. The van der Waals surface area contributed by atoms with E-state index in [-0.39, 0.29) is 17.2 Å². The van der Waals surface area contributed by atoms with Crippen LogP contribution in [0.4, 0.5) is 0 Å². The Bertz CT molecular complexity index is 925. The topological polar surface area (TPSA) is 175 Å². The number of carbonyl (C=O) groups excluding carboxylic acids is 3. The number of aromatic nitrogens is 1. The van der Waals surface area contributed by atoms with Gasteiger partial charge in [-0.1, -0.05) is 34.1 Å². The smallest absolute Gasteiger partial charge is 0.253 e. The first-order chi connectivity index (χ1) is 16.4. The van der Waals surface area contributed by atoms with Crippen molar-refractivity contribution in [3.8, 4) is 0 Å². The van der Waals surface area contributed by atoms with Crippen LogP contribution in [-0.4, -0.2) is 84.2 Å². The van der Waals surface area contributed by atoms with Crippen molar-refractivity contribution in [3.63, 3.8) is 0 Å². The van der Waals surface area contributed by atoms with Crippen molar-refractivity contribution in [2.45, 2.75) is 58.8 Å². The molecule has 0 aliphatic heterocycles. The third kappa shape index (κ3) is 11.1. The molecular weight excluding hydrogens is 476 g/mol. The molecule has 12 heteroatoms. The molecule has 0 bridgehead atoms. The van der Waals surface area contributed by atoms with Gasteiger partial charge in [0.1, 0.15) is 6.04 Å². The minimum atomic E-state index is -3.66. The van der Waals surface area contributed by atoms with Gasteiger partial charge >= 0.3 is 0 Å². The second kappa shape index (κ2) is 14.7. The zero-order chi connectivity index (χ0) is 26.6. The third-order valence-electron chi connectivity index (χ3n) is 5.27. The van der Waals surface area contributed by atoms with Crippen molar-refractivity contribution < 1.29 is 33.0 Å². The Kier molecular flexibility index (Phi) is 12.8. The molecule has 1 aromatic rings. The van der Waals surface area contributed by atoms with Gasteiger partial charge in [-0.2, -0.15) is 0 Å². The van der Waals surface area contributed by atoms with Crippen LogP contribution in [0, 0.1) is 11.8 Å². The van der Waals surface area contributed by atoms with Gasteiger partial charge in [0.25, 0.3) is 5.91 Å². The highest BCUT2D eigenvalue weighted by atomic mass is 32.2. The molecule has 0 aromatic carbocycles. The van der Waals surface area contributed by atoms with Crippen LogP contribution in [-0.2, 0) is 19.4 Å². The summed E-state index contributed by atoms with van der Waals surface area (Å²) in [6, 6.07) is 1.56. The molecule has 1 rings (SSSR count). The van der Waals surface area contributed by atoms with Crippen LogP contribution in [0.5, 0.6) is 0 Å². The largest absolute Gasteiger partial charge is 0.390 e. The molecule has 4 unspecified atom stereocenters. The summed E-state index contributed by atoms with van der Waals surface area (Å²) in [5, 5.41) is 28.1. The average molecular weight is 515 g/mol. The number of hydrogen-bond acceptors (Lipinski definition) is 8. The van der Waals surface area contributed by atoms with Crippen LogP contribution in [0.15, 0.2) is 24.5 Å². The number of nitrogens with zero attached hydrogens (tertiary/aromatic N) is 1. The number of rotatable bonds is 15. The number of nitrogens with one attached hydrogen (secondary N) is 3. The number of hydrogen-bond donors (Lipinski definition) is 5. The number of aliphatic hydroxyl groups excluding tert-OH is 2. The van der Waals surface area contributed by atoms with E-state index < -0.39 is 64.0 Å². The first kappa shape index (κ1) is 30.5. The average Bonchev–Trinajstić information content (AvgIpc) is 2.83. The highest BCUT2D eigenvalue weighted by Crippen LogP contribution is 2.09. The number of aliphatic hydroxyl groups is 2. The number of pyridine rings is 1. The summed E-state index contributed by atoms with van der Waals surface area (Å²) < 4.78 is 24.9. The van der Waals surface area contributed by atoms with Gasteiger partial charge in [-0.15, -0.1) is 0 Å². The second-order valence-corrected chi connectivity index (χ2v) is 11.2. The molecule has 0 aliphatic rings. The number of amides is 3. The van der Waals surface area contributed by atoms with Gasteiger partial charge in [-0.05, 0) is 24.5 Å². The number of carbonyl (C=O) groups is 3. The number of sulfone groups is 1. The summed E-state index contributed by atoms with van der Waals surface area (Å²) in [6.07, 6.45) is 0.832. The third-order valence-corrected chi connectivity index (χ3v) is 7.02. The summed E-state index contributed by atoms with van der Waals surface area (Å²) in [5.74, 6) is -3.47. The van der Waals surface area contributed by atoms with Gasteiger partial charge in [-0.25, -0.2) is 8.42 Å². The predicted octanol–water partition coefficient (Wildman–Crippen LogP) is -0.359. The molecule has 198 valence electrons. The van der Waals surface area contributed by atoms with E-state index >= 15 is 0 Å². The van der Waals surface area contributed by atoms with Crippen molar-refractivity contribution in [2.75, 3.05) is 24.6 Å². The molecule has 1 aromatic heterocycles. The minimum absolute atomic E-state index is 0.139. The van der Waals surface area contributed by atoms with E-state index in [1.54, 1.807) is 0 Å². The van der Waals surface area contributed by atoms with Gasteiger partial charge < -0.3 is 26.2 Å². The lowest BCUT2D eigenvalue weighted by Gasteiger charge is -2.25. The molecule has 0 spiro atoms. The molecule has 1 heterocycles. The highest BCUT2D eigenvalue weighted by Gasteiger charge is 2.31. The van der Waals surface area contributed by atoms with Gasteiger partial charge in [0.15, 0.2) is 9.84 Å². The quantitative estimate of drug-likeness (QED) is 0.211. The standard InChI is InChI=1S/C23H38N4O7S/c1-5-6-10-35(33,34)14-18(27-22(31)17-8-7-9-24-12-17)23(32)26-13-19(28)20(29)16(4)21(30)25-11-15(2)3/h7-9,12,15-16,18-20,28-29H,5-6,10-11,13-14H2,1-4H3,(H,25,30)(H,26,32)(H,27,31).